The molecule has 33 heavy (non-hydrogen) atoms. The number of nitrogens with zero attached hydrogens (tertiary/aromatic N) is 1. The molecule has 1 saturated carbocycles. The fraction of sp³-hybridized carbons (Fsp3) is 0.423. The number of carbonyl (C=O) groups is 3. The first-order valence-corrected chi connectivity index (χ1v) is 11.5. The van der Waals surface area contributed by atoms with Crippen LogP contribution < -0.4 is 10.2 Å². The highest BCUT2D eigenvalue weighted by molar-refractivity contribution is 5.96. The maximum Gasteiger partial charge on any atom is 0.407 e. The highest BCUT2D eigenvalue weighted by atomic mass is 16.5. The number of hydrogen-bond donors (Lipinski definition) is 1. The van der Waals surface area contributed by atoms with Crippen LogP contribution in [0.5, 0.6) is 0 Å². The largest absolute Gasteiger partial charge is 0.462 e. The van der Waals surface area contributed by atoms with Crippen molar-refractivity contribution in [2.45, 2.75) is 52.3 Å². The molecule has 3 atom stereocenters. The number of rotatable bonds is 6. The zero-order valence-electron chi connectivity index (χ0n) is 19.2. The number of fused-ring (bicyclic) bond motifs is 1. The minimum absolute atomic E-state index is 0.0251. The lowest BCUT2D eigenvalue weighted by Gasteiger charge is -2.45. The second-order valence-electron chi connectivity index (χ2n) is 8.75. The summed E-state index contributed by atoms with van der Waals surface area (Å²) in [6, 6.07) is 14.2. The van der Waals surface area contributed by atoms with Crippen molar-refractivity contribution in [2.24, 2.45) is 11.8 Å². The number of alkyl carbamates (subject to hydrolysis) is 1. The molecule has 4 rings (SSSR count). The van der Waals surface area contributed by atoms with Crippen LogP contribution in [-0.2, 0) is 20.9 Å². The van der Waals surface area contributed by atoms with Crippen LogP contribution in [-0.4, -0.2) is 30.6 Å². The van der Waals surface area contributed by atoms with Crippen molar-refractivity contribution in [1.82, 2.24) is 5.32 Å². The molecule has 0 radical (unpaired) electrons. The zero-order valence-corrected chi connectivity index (χ0v) is 19.2. The fourth-order valence-corrected chi connectivity index (χ4v) is 4.80. The minimum atomic E-state index is -0.533. The Hall–Kier alpha value is -3.35. The SMILES string of the molecule is CCOC(=O)c1ccc2c(c1)C(NC(=O)OCc1ccccc1)C(C)C(C1CC1)N2C(C)=O. The molecule has 1 aliphatic heterocycles. The van der Waals surface area contributed by atoms with Crippen molar-refractivity contribution in [3.63, 3.8) is 0 Å². The predicted molar refractivity (Wildman–Crippen MR) is 124 cm³/mol. The summed E-state index contributed by atoms with van der Waals surface area (Å²) in [5.74, 6) is -0.145. The monoisotopic (exact) mass is 450 g/mol. The van der Waals surface area contributed by atoms with E-state index in [1.165, 1.54) is 0 Å². The van der Waals surface area contributed by atoms with Gasteiger partial charge in [-0.05, 0) is 55.0 Å². The summed E-state index contributed by atoms with van der Waals surface area (Å²) in [7, 11) is 0. The molecule has 2 aromatic rings. The van der Waals surface area contributed by atoms with Gasteiger partial charge in [0.05, 0.1) is 18.2 Å². The average Bonchev–Trinajstić information content (AvgIpc) is 3.64. The van der Waals surface area contributed by atoms with E-state index >= 15 is 0 Å². The maximum atomic E-state index is 12.8. The Bertz CT molecular complexity index is 1030. The van der Waals surface area contributed by atoms with E-state index in [0.717, 1.165) is 29.7 Å². The normalized spacial score (nSPS) is 21.7. The molecule has 7 heteroatoms. The number of carbonyl (C=O) groups excluding carboxylic acids is 3. The van der Waals surface area contributed by atoms with Gasteiger partial charge in [0.25, 0.3) is 0 Å². The number of amides is 2. The van der Waals surface area contributed by atoms with Crippen LogP contribution >= 0.6 is 0 Å². The molecule has 1 N–H and O–H groups in total. The first-order chi connectivity index (χ1) is 15.9. The third-order valence-corrected chi connectivity index (χ3v) is 6.43. The van der Waals surface area contributed by atoms with Crippen molar-refractivity contribution in [3.8, 4) is 0 Å². The lowest BCUT2D eigenvalue weighted by Crippen LogP contribution is -2.53. The number of benzene rings is 2. The molecule has 0 bridgehead atoms. The van der Waals surface area contributed by atoms with E-state index in [4.69, 9.17) is 9.47 Å². The van der Waals surface area contributed by atoms with Gasteiger partial charge in [0.15, 0.2) is 0 Å². The summed E-state index contributed by atoms with van der Waals surface area (Å²) < 4.78 is 10.6. The molecule has 0 saturated heterocycles. The summed E-state index contributed by atoms with van der Waals surface area (Å²) in [4.78, 5) is 39.7. The summed E-state index contributed by atoms with van der Waals surface area (Å²) in [5.41, 5.74) is 2.73. The third-order valence-electron chi connectivity index (χ3n) is 6.43. The van der Waals surface area contributed by atoms with Gasteiger partial charge in [-0.25, -0.2) is 9.59 Å². The smallest absolute Gasteiger partial charge is 0.407 e. The molecule has 174 valence electrons. The number of nitrogens with one attached hydrogen (secondary N) is 1. The number of esters is 1. The second kappa shape index (κ2) is 9.65. The van der Waals surface area contributed by atoms with Crippen LogP contribution in [0, 0.1) is 11.8 Å². The molecule has 7 nitrogen and oxygen atoms in total. The van der Waals surface area contributed by atoms with Crippen LogP contribution in [0.15, 0.2) is 48.5 Å². The minimum Gasteiger partial charge on any atom is -0.462 e. The van der Waals surface area contributed by atoms with Crippen LogP contribution in [0.2, 0.25) is 0 Å². The molecule has 1 aliphatic carbocycles. The van der Waals surface area contributed by atoms with Gasteiger partial charge in [0.1, 0.15) is 6.61 Å². The summed E-state index contributed by atoms with van der Waals surface area (Å²) >= 11 is 0. The molecule has 2 aromatic carbocycles. The standard InChI is InChI=1S/C26H30N2O5/c1-4-32-25(30)20-12-13-22-21(14-20)23(16(2)24(19-10-11-19)28(22)17(3)29)27-26(31)33-15-18-8-6-5-7-9-18/h5-9,12-14,16,19,23-24H,4,10-11,15H2,1-3H3,(H,27,31). The highest BCUT2D eigenvalue weighted by Gasteiger charge is 2.48. The highest BCUT2D eigenvalue weighted by Crippen LogP contribution is 2.49. The molecule has 1 heterocycles. The second-order valence-corrected chi connectivity index (χ2v) is 8.75. The first-order valence-electron chi connectivity index (χ1n) is 11.5. The number of anilines is 1. The predicted octanol–water partition coefficient (Wildman–Crippen LogP) is 4.61. The van der Waals surface area contributed by atoms with Crippen LogP contribution in [0.4, 0.5) is 10.5 Å². The van der Waals surface area contributed by atoms with E-state index < -0.39 is 18.1 Å². The lowest BCUT2D eigenvalue weighted by molar-refractivity contribution is -0.117. The maximum absolute atomic E-state index is 12.8. The number of ether oxygens (including phenoxy) is 2. The van der Waals surface area contributed by atoms with Gasteiger partial charge in [-0.1, -0.05) is 37.3 Å². The van der Waals surface area contributed by atoms with Crippen molar-refractivity contribution in [3.05, 3.63) is 65.2 Å². The Labute approximate surface area is 194 Å². The van der Waals surface area contributed by atoms with Gasteiger partial charge in [-0.2, -0.15) is 0 Å². The van der Waals surface area contributed by atoms with E-state index in [1.807, 2.05) is 42.2 Å². The summed E-state index contributed by atoms with van der Waals surface area (Å²) in [5, 5.41) is 3.01. The first kappa shape index (κ1) is 22.8. The van der Waals surface area contributed by atoms with Crippen LogP contribution in [0.25, 0.3) is 0 Å². The third kappa shape index (κ3) is 4.87. The average molecular weight is 451 g/mol. The Balaban J connectivity index is 1.64. The van der Waals surface area contributed by atoms with E-state index in [2.05, 4.69) is 5.32 Å². The molecule has 2 aliphatic rings. The van der Waals surface area contributed by atoms with Crippen molar-refractivity contribution < 1.29 is 23.9 Å². The summed E-state index contributed by atoms with van der Waals surface area (Å²) in [6.45, 7) is 5.79. The van der Waals surface area contributed by atoms with E-state index in [1.54, 1.807) is 32.0 Å². The van der Waals surface area contributed by atoms with E-state index in [-0.39, 0.29) is 31.1 Å². The van der Waals surface area contributed by atoms with Gasteiger partial charge in [0.2, 0.25) is 5.91 Å². The molecule has 2 amide bonds. The molecule has 3 unspecified atom stereocenters. The topological polar surface area (TPSA) is 84.9 Å². The van der Waals surface area contributed by atoms with E-state index in [9.17, 15) is 14.4 Å². The van der Waals surface area contributed by atoms with Crippen molar-refractivity contribution in [2.75, 3.05) is 11.5 Å². The van der Waals surface area contributed by atoms with Gasteiger partial charge >= 0.3 is 12.1 Å². The Kier molecular flexibility index (Phi) is 6.67. The van der Waals surface area contributed by atoms with Crippen LogP contribution in [0.1, 0.15) is 61.1 Å². The zero-order chi connectivity index (χ0) is 23.5. The fourth-order valence-electron chi connectivity index (χ4n) is 4.80. The molecular formula is C26H30N2O5. The van der Waals surface area contributed by atoms with Crippen molar-refractivity contribution >= 4 is 23.7 Å². The number of hydrogen-bond acceptors (Lipinski definition) is 5. The van der Waals surface area contributed by atoms with Gasteiger partial charge in [-0.3, -0.25) is 4.79 Å². The van der Waals surface area contributed by atoms with Gasteiger partial charge < -0.3 is 19.7 Å². The Morgan fingerprint density at radius 2 is 1.79 bits per heavy atom. The Morgan fingerprint density at radius 1 is 1.06 bits per heavy atom. The Morgan fingerprint density at radius 3 is 2.42 bits per heavy atom. The van der Waals surface area contributed by atoms with Crippen LogP contribution in [0.3, 0.4) is 0 Å². The quantitative estimate of drug-likeness (QED) is 0.650. The van der Waals surface area contributed by atoms with Crippen molar-refractivity contribution in [1.29, 1.82) is 0 Å². The molecular weight excluding hydrogens is 420 g/mol. The molecule has 1 fully saturated rings. The van der Waals surface area contributed by atoms with Gasteiger partial charge in [0, 0.05) is 24.6 Å². The van der Waals surface area contributed by atoms with Gasteiger partial charge in [-0.15, -0.1) is 0 Å². The molecule has 0 spiro atoms. The van der Waals surface area contributed by atoms with E-state index in [0.29, 0.717) is 11.5 Å². The lowest BCUT2D eigenvalue weighted by atomic mass is 9.79. The molecule has 0 aromatic heterocycles. The summed E-state index contributed by atoms with van der Waals surface area (Å²) in [6.07, 6.45) is 1.58.